The smallest absolute Gasteiger partial charge is 0.186 e. The van der Waals surface area contributed by atoms with Crippen LogP contribution in [0.2, 0.25) is 0 Å². The van der Waals surface area contributed by atoms with Crippen LogP contribution in [0.15, 0.2) is 10.7 Å². The number of hydrogen-bond acceptors (Lipinski definition) is 12. The van der Waals surface area contributed by atoms with Crippen LogP contribution in [0.25, 0.3) is 22.6 Å². The van der Waals surface area contributed by atoms with Crippen molar-refractivity contribution in [3.63, 3.8) is 0 Å². The predicted molar refractivity (Wildman–Crippen MR) is 171 cm³/mol. The first-order valence-electron chi connectivity index (χ1n) is 16.0. The van der Waals surface area contributed by atoms with E-state index in [1.54, 1.807) is 0 Å². The van der Waals surface area contributed by atoms with Gasteiger partial charge < -0.3 is 25.2 Å². The molecule has 234 valence electrons. The third kappa shape index (κ3) is 5.13. The fourth-order valence-electron chi connectivity index (χ4n) is 7.40. The lowest BCUT2D eigenvalue weighted by Crippen LogP contribution is -2.43. The molecule has 3 N–H and O–H groups in total. The second-order valence-corrected chi connectivity index (χ2v) is 13.7. The number of aliphatic hydroxyl groups excluding tert-OH is 1. The SMILES string of the molecule is CCCc1sc(N)c(C#N)c1C1CCCc2c(-c3nc(N4CCC(O)C(C#N)C4)c4cnn(CC5CCCN5C)c4n3)noc21. The first kappa shape index (κ1) is 29.7. The van der Waals surface area contributed by atoms with E-state index in [1.165, 1.54) is 11.3 Å². The zero-order valence-corrected chi connectivity index (χ0v) is 26.6. The molecule has 2 fully saturated rings. The second-order valence-electron chi connectivity index (χ2n) is 12.6. The minimum atomic E-state index is -0.662. The molecule has 6 heterocycles. The molecule has 0 saturated carbocycles. The Hall–Kier alpha value is -4.04. The summed E-state index contributed by atoms with van der Waals surface area (Å²) in [5.41, 5.74) is 10.2. The summed E-state index contributed by atoms with van der Waals surface area (Å²) in [4.78, 5) is 15.7. The van der Waals surface area contributed by atoms with E-state index in [2.05, 4.69) is 41.1 Å². The number of fused-ring (bicyclic) bond motifs is 2. The number of thiophene rings is 1. The highest BCUT2D eigenvalue weighted by Crippen LogP contribution is 2.46. The molecule has 45 heavy (non-hydrogen) atoms. The maximum absolute atomic E-state index is 10.4. The summed E-state index contributed by atoms with van der Waals surface area (Å²) in [7, 11) is 2.15. The van der Waals surface area contributed by atoms with Crippen LogP contribution in [0, 0.1) is 28.6 Å². The number of rotatable bonds is 7. The van der Waals surface area contributed by atoms with E-state index in [4.69, 9.17) is 25.3 Å². The predicted octanol–water partition coefficient (Wildman–Crippen LogP) is 4.22. The number of likely N-dealkylation sites (tertiary alicyclic amines) is 1. The van der Waals surface area contributed by atoms with Crippen LogP contribution in [0.1, 0.15) is 78.7 Å². The molecular weight excluding hydrogens is 588 g/mol. The second kappa shape index (κ2) is 12.0. The van der Waals surface area contributed by atoms with Crippen LogP contribution in [0.5, 0.6) is 0 Å². The van der Waals surface area contributed by atoms with Gasteiger partial charge in [-0.05, 0) is 64.1 Å². The Morgan fingerprint density at radius 2 is 2.04 bits per heavy atom. The Morgan fingerprint density at radius 3 is 2.80 bits per heavy atom. The molecular formula is C32H38N10O2S. The molecule has 4 unspecified atom stereocenters. The van der Waals surface area contributed by atoms with Crippen molar-refractivity contribution < 1.29 is 9.63 Å². The summed E-state index contributed by atoms with van der Waals surface area (Å²) >= 11 is 1.51. The van der Waals surface area contributed by atoms with E-state index < -0.39 is 12.0 Å². The van der Waals surface area contributed by atoms with Gasteiger partial charge in [0.1, 0.15) is 22.6 Å². The van der Waals surface area contributed by atoms with Gasteiger partial charge in [0.15, 0.2) is 17.2 Å². The standard InChI is InChI=1S/C32H38N10O2S/c1-3-6-25-26(22(14-34)29(35)45-25)20-8-4-9-21-27(39-44-28(20)21)30-37-31(41-12-10-24(43)18(13-33)16-41)23-15-36-42(32(23)38-30)17-19-7-5-11-40(19)2/h15,18-20,24,43H,3-12,16-17,35H2,1-2H3. The molecule has 4 atom stereocenters. The first-order valence-corrected chi connectivity index (χ1v) is 16.8. The molecule has 0 amide bonds. The van der Waals surface area contributed by atoms with Crippen LogP contribution in [0.4, 0.5) is 10.8 Å². The van der Waals surface area contributed by atoms with Gasteiger partial charge in [0.05, 0.1) is 41.8 Å². The number of likely N-dealkylation sites (N-methyl/N-ethyl adjacent to an activating group) is 1. The van der Waals surface area contributed by atoms with Crippen LogP contribution in [-0.4, -0.2) is 73.7 Å². The minimum absolute atomic E-state index is 0.105. The number of nitrogens with zero attached hydrogens (tertiary/aromatic N) is 9. The quantitative estimate of drug-likeness (QED) is 0.301. The van der Waals surface area contributed by atoms with Crippen molar-refractivity contribution in [1.29, 1.82) is 10.5 Å². The third-order valence-electron chi connectivity index (χ3n) is 9.83. The lowest BCUT2D eigenvalue weighted by atomic mass is 9.81. The average molecular weight is 627 g/mol. The molecule has 12 nitrogen and oxygen atoms in total. The summed E-state index contributed by atoms with van der Waals surface area (Å²) < 4.78 is 8.10. The molecule has 0 spiro atoms. The van der Waals surface area contributed by atoms with Crippen molar-refractivity contribution in [2.45, 2.75) is 82.9 Å². The van der Waals surface area contributed by atoms with Gasteiger partial charge in [-0.1, -0.05) is 18.5 Å². The number of nitriles is 2. The third-order valence-corrected chi connectivity index (χ3v) is 10.9. The van der Waals surface area contributed by atoms with E-state index in [9.17, 15) is 15.6 Å². The summed E-state index contributed by atoms with van der Waals surface area (Å²) in [6.45, 7) is 4.85. The Labute approximate surface area is 266 Å². The van der Waals surface area contributed by atoms with Gasteiger partial charge in [0.25, 0.3) is 0 Å². The van der Waals surface area contributed by atoms with Gasteiger partial charge in [-0.15, -0.1) is 11.3 Å². The van der Waals surface area contributed by atoms with Crippen molar-refractivity contribution in [1.82, 2.24) is 29.8 Å². The molecule has 1 aliphatic carbocycles. The number of nitrogen functional groups attached to an aromatic ring is 1. The molecule has 2 saturated heterocycles. The topological polar surface area (TPSA) is 170 Å². The van der Waals surface area contributed by atoms with Crippen molar-refractivity contribution in [2.75, 3.05) is 37.3 Å². The van der Waals surface area contributed by atoms with Crippen molar-refractivity contribution in [3.8, 4) is 23.7 Å². The fraction of sp³-hybridized carbons (Fsp3) is 0.562. The fourth-order valence-corrected chi connectivity index (χ4v) is 8.58. The lowest BCUT2D eigenvalue weighted by Gasteiger charge is -2.34. The Morgan fingerprint density at radius 1 is 1.18 bits per heavy atom. The van der Waals surface area contributed by atoms with Crippen molar-refractivity contribution in [2.24, 2.45) is 5.92 Å². The maximum atomic E-state index is 10.4. The number of nitrogens with two attached hydrogens (primary N) is 1. The summed E-state index contributed by atoms with van der Waals surface area (Å²) in [5.74, 6) is 1.30. The zero-order chi connectivity index (χ0) is 31.2. The molecule has 4 aromatic rings. The van der Waals surface area contributed by atoms with E-state index in [0.29, 0.717) is 60.0 Å². The van der Waals surface area contributed by atoms with Crippen LogP contribution in [0.3, 0.4) is 0 Å². The van der Waals surface area contributed by atoms with Gasteiger partial charge in [-0.2, -0.15) is 15.6 Å². The summed E-state index contributed by atoms with van der Waals surface area (Å²) in [6, 6.07) is 5.00. The van der Waals surface area contributed by atoms with Crippen LogP contribution >= 0.6 is 11.3 Å². The highest BCUT2D eigenvalue weighted by molar-refractivity contribution is 7.16. The molecule has 13 heteroatoms. The average Bonchev–Trinajstić information content (AvgIpc) is 3.83. The number of piperidine rings is 1. The molecule has 2 aliphatic heterocycles. The van der Waals surface area contributed by atoms with Crippen molar-refractivity contribution >= 4 is 33.2 Å². The van der Waals surface area contributed by atoms with Gasteiger partial charge in [-0.3, -0.25) is 0 Å². The molecule has 0 aromatic carbocycles. The van der Waals surface area contributed by atoms with Gasteiger partial charge in [0, 0.05) is 35.5 Å². The van der Waals surface area contributed by atoms with Crippen molar-refractivity contribution in [3.05, 3.63) is 33.5 Å². The number of aliphatic hydroxyl groups is 1. The molecule has 4 aromatic heterocycles. The van der Waals surface area contributed by atoms with E-state index in [-0.39, 0.29) is 5.92 Å². The molecule has 0 radical (unpaired) electrons. The zero-order valence-electron chi connectivity index (χ0n) is 25.7. The van der Waals surface area contributed by atoms with Crippen LogP contribution in [-0.2, 0) is 19.4 Å². The van der Waals surface area contributed by atoms with Gasteiger partial charge in [0.2, 0.25) is 0 Å². The normalized spacial score (nSPS) is 23.7. The molecule has 7 rings (SSSR count). The lowest BCUT2D eigenvalue weighted by molar-refractivity contribution is 0.113. The van der Waals surface area contributed by atoms with Gasteiger partial charge >= 0.3 is 0 Å². The maximum Gasteiger partial charge on any atom is 0.186 e. The van der Waals surface area contributed by atoms with Crippen LogP contribution < -0.4 is 10.6 Å². The highest BCUT2D eigenvalue weighted by atomic mass is 32.1. The Kier molecular flexibility index (Phi) is 7.94. The number of aryl methyl sites for hydroxylation is 1. The number of aromatic nitrogens is 5. The monoisotopic (exact) mass is 626 g/mol. The van der Waals surface area contributed by atoms with E-state index in [0.717, 1.165) is 84.3 Å². The highest BCUT2D eigenvalue weighted by Gasteiger charge is 2.36. The van der Waals surface area contributed by atoms with E-state index in [1.807, 2.05) is 10.9 Å². The first-order chi connectivity index (χ1) is 21.9. The number of hydrogen-bond donors (Lipinski definition) is 2. The Bertz CT molecular complexity index is 1810. The molecule has 3 aliphatic rings. The number of anilines is 2. The van der Waals surface area contributed by atoms with E-state index >= 15 is 0 Å². The van der Waals surface area contributed by atoms with Gasteiger partial charge in [-0.25, -0.2) is 14.6 Å². The largest absolute Gasteiger partial charge is 0.392 e. The molecule has 0 bridgehead atoms. The minimum Gasteiger partial charge on any atom is -0.392 e. The summed E-state index contributed by atoms with van der Waals surface area (Å²) in [5, 5.41) is 40.9. The summed E-state index contributed by atoms with van der Waals surface area (Å²) in [6.07, 6.45) is 8.25. The Balaban J connectivity index is 1.34.